The summed E-state index contributed by atoms with van der Waals surface area (Å²) >= 11 is 0. The molecule has 3 aromatic rings. The van der Waals surface area contributed by atoms with Crippen molar-refractivity contribution in [2.75, 3.05) is 13.2 Å². The summed E-state index contributed by atoms with van der Waals surface area (Å²) in [5, 5.41) is 3.06. The second-order valence-electron chi connectivity index (χ2n) is 8.45. The van der Waals surface area contributed by atoms with Crippen molar-refractivity contribution < 1.29 is 14.5 Å². The van der Waals surface area contributed by atoms with Crippen molar-refractivity contribution in [2.45, 2.75) is 24.9 Å². The van der Waals surface area contributed by atoms with Gasteiger partial charge in [-0.2, -0.15) is 0 Å². The number of amides is 3. The van der Waals surface area contributed by atoms with Gasteiger partial charge in [0.05, 0.1) is 6.54 Å². The Hall–Kier alpha value is -3.44. The summed E-state index contributed by atoms with van der Waals surface area (Å²) in [5.74, 6) is -0.168. The molecule has 0 saturated carbocycles. The molecule has 1 unspecified atom stereocenters. The fraction of sp³-hybridized carbons (Fsp3) is 0.231. The highest BCUT2D eigenvalue weighted by molar-refractivity contribution is 6.07. The smallest absolute Gasteiger partial charge is 0.319 e. The highest BCUT2D eigenvalue weighted by atomic mass is 16.2. The Morgan fingerprint density at radius 2 is 1.48 bits per heavy atom. The molecule has 2 aliphatic rings. The number of nitrogens with zero attached hydrogens (tertiary/aromatic N) is 1. The van der Waals surface area contributed by atoms with Crippen LogP contribution < -0.4 is 10.2 Å². The van der Waals surface area contributed by atoms with Crippen LogP contribution in [-0.2, 0) is 29.7 Å². The molecule has 2 N–H and O–H groups in total. The van der Waals surface area contributed by atoms with Gasteiger partial charge in [0.25, 0.3) is 5.91 Å². The normalized spacial score (nSPS) is 22.8. The number of benzene rings is 3. The molecule has 1 saturated heterocycles. The zero-order valence-electron chi connectivity index (χ0n) is 17.4. The number of hydrogen-bond acceptors (Lipinski definition) is 2. The summed E-state index contributed by atoms with van der Waals surface area (Å²) in [6.07, 6.45) is 1.39. The van der Waals surface area contributed by atoms with Crippen molar-refractivity contribution in [1.29, 1.82) is 0 Å². The minimum Gasteiger partial charge on any atom is -0.319 e. The summed E-state index contributed by atoms with van der Waals surface area (Å²) in [6.45, 7) is 2.11. The summed E-state index contributed by atoms with van der Waals surface area (Å²) in [6, 6.07) is 27.6. The average molecular weight is 413 g/mol. The molecular weight excluding hydrogens is 386 g/mol. The maximum atomic E-state index is 13.8. The van der Waals surface area contributed by atoms with Gasteiger partial charge in [0.15, 0.2) is 12.2 Å². The van der Waals surface area contributed by atoms with E-state index in [1.54, 1.807) is 0 Å². The van der Waals surface area contributed by atoms with Gasteiger partial charge in [0.2, 0.25) is 0 Å². The lowest BCUT2D eigenvalue weighted by Crippen LogP contribution is -3.13. The zero-order chi connectivity index (χ0) is 21.3. The van der Waals surface area contributed by atoms with Gasteiger partial charge in [-0.3, -0.25) is 4.79 Å². The van der Waals surface area contributed by atoms with Gasteiger partial charge < -0.3 is 10.2 Å². The molecule has 2 atom stereocenters. The predicted octanol–water partition coefficient (Wildman–Crippen LogP) is 2.28. The van der Waals surface area contributed by atoms with Crippen LogP contribution in [0.15, 0.2) is 84.9 Å². The fourth-order valence-corrected chi connectivity index (χ4v) is 4.81. The van der Waals surface area contributed by atoms with Gasteiger partial charge in [-0.1, -0.05) is 84.9 Å². The van der Waals surface area contributed by atoms with E-state index in [1.165, 1.54) is 20.9 Å². The Labute approximate surface area is 182 Å². The van der Waals surface area contributed by atoms with Crippen molar-refractivity contribution in [2.24, 2.45) is 0 Å². The molecule has 1 fully saturated rings. The second-order valence-corrected chi connectivity index (χ2v) is 8.45. The number of imide groups is 1. The van der Waals surface area contributed by atoms with Gasteiger partial charge in [-0.05, 0) is 16.7 Å². The minimum atomic E-state index is -1.08. The number of hydrogen-bond donors (Lipinski definition) is 2. The number of rotatable bonds is 5. The molecule has 0 bridgehead atoms. The van der Waals surface area contributed by atoms with E-state index in [9.17, 15) is 9.59 Å². The van der Waals surface area contributed by atoms with Crippen molar-refractivity contribution in [3.05, 3.63) is 107 Å². The lowest BCUT2D eigenvalue weighted by atomic mass is 9.83. The van der Waals surface area contributed by atoms with Crippen LogP contribution in [0, 0.1) is 0 Å². The standard InChI is InChI=1S/C26H25N3O2/c30-24-26(23-13-5-2-6-14-23,17-20-9-3-1-4-10-20)27-25(31)29(24)19-28-16-15-21-11-7-8-12-22(21)18-28/h1-14H,15-19H2,(H,27,31)/p+1/t26-/m1/s1. The first-order chi connectivity index (χ1) is 15.2. The third-order valence-corrected chi connectivity index (χ3v) is 6.44. The molecule has 0 radical (unpaired) electrons. The number of nitrogens with one attached hydrogen (secondary N) is 2. The van der Waals surface area contributed by atoms with E-state index in [0.29, 0.717) is 13.1 Å². The van der Waals surface area contributed by atoms with Crippen LogP contribution in [0.3, 0.4) is 0 Å². The highest BCUT2D eigenvalue weighted by Gasteiger charge is 2.53. The van der Waals surface area contributed by atoms with Gasteiger partial charge in [-0.15, -0.1) is 0 Å². The first kappa shape index (κ1) is 19.5. The quantitative estimate of drug-likeness (QED) is 0.632. The van der Waals surface area contributed by atoms with Gasteiger partial charge in [0.1, 0.15) is 6.54 Å². The first-order valence-electron chi connectivity index (χ1n) is 10.8. The van der Waals surface area contributed by atoms with Gasteiger partial charge in [0, 0.05) is 18.4 Å². The summed E-state index contributed by atoms with van der Waals surface area (Å²) < 4.78 is 0. The van der Waals surface area contributed by atoms with Crippen LogP contribution >= 0.6 is 0 Å². The Bertz CT molecular complexity index is 1100. The molecule has 0 aromatic heterocycles. The van der Waals surface area contributed by atoms with Crippen LogP contribution in [0.5, 0.6) is 0 Å². The van der Waals surface area contributed by atoms with E-state index in [4.69, 9.17) is 0 Å². The van der Waals surface area contributed by atoms with Gasteiger partial charge in [-0.25, -0.2) is 9.69 Å². The number of fused-ring (bicyclic) bond motifs is 1. The van der Waals surface area contributed by atoms with E-state index in [1.807, 2.05) is 60.7 Å². The predicted molar refractivity (Wildman–Crippen MR) is 118 cm³/mol. The molecule has 5 nitrogen and oxygen atoms in total. The molecular formula is C26H26N3O2+. The zero-order valence-corrected chi connectivity index (χ0v) is 17.4. The lowest BCUT2D eigenvalue weighted by Gasteiger charge is -2.30. The molecule has 2 aliphatic heterocycles. The Balaban J connectivity index is 1.43. The SMILES string of the molecule is O=C1N[C@](Cc2ccccc2)(c2ccccc2)C(=O)N1C[NH+]1CCc2ccccc2C1. The van der Waals surface area contributed by atoms with E-state index < -0.39 is 5.54 Å². The number of carbonyl (C=O) groups is 2. The topological polar surface area (TPSA) is 53.9 Å². The summed E-state index contributed by atoms with van der Waals surface area (Å²) in [4.78, 5) is 29.5. The van der Waals surface area contributed by atoms with Gasteiger partial charge >= 0.3 is 6.03 Å². The molecule has 5 heteroatoms. The monoisotopic (exact) mass is 412 g/mol. The van der Waals surface area contributed by atoms with Crippen molar-refractivity contribution in [3.63, 3.8) is 0 Å². The van der Waals surface area contributed by atoms with Crippen molar-refractivity contribution in [3.8, 4) is 0 Å². The summed E-state index contributed by atoms with van der Waals surface area (Å²) in [7, 11) is 0. The molecule has 3 amide bonds. The number of urea groups is 1. The maximum Gasteiger partial charge on any atom is 0.329 e. The molecule has 31 heavy (non-hydrogen) atoms. The lowest BCUT2D eigenvalue weighted by molar-refractivity contribution is -0.923. The average Bonchev–Trinajstić information content (AvgIpc) is 3.05. The summed E-state index contributed by atoms with van der Waals surface area (Å²) in [5.41, 5.74) is 3.42. The van der Waals surface area contributed by atoms with Crippen molar-refractivity contribution >= 4 is 11.9 Å². The Kier molecular flexibility index (Phi) is 5.04. The fourth-order valence-electron chi connectivity index (χ4n) is 4.81. The molecule has 0 aliphatic carbocycles. The van der Waals surface area contributed by atoms with Crippen molar-refractivity contribution in [1.82, 2.24) is 10.2 Å². The Morgan fingerprint density at radius 1 is 0.839 bits per heavy atom. The van der Waals surface area contributed by atoms with Crippen LogP contribution in [-0.4, -0.2) is 30.1 Å². The van der Waals surface area contributed by atoms with Crippen LogP contribution in [0.2, 0.25) is 0 Å². The molecule has 3 aromatic carbocycles. The molecule has 5 rings (SSSR count). The van der Waals surface area contributed by atoms with E-state index in [2.05, 4.69) is 29.6 Å². The molecule has 0 spiro atoms. The van der Waals surface area contributed by atoms with Crippen LogP contribution in [0.25, 0.3) is 0 Å². The number of carbonyl (C=O) groups excluding carboxylic acids is 2. The molecule has 156 valence electrons. The van der Waals surface area contributed by atoms with E-state index in [0.717, 1.165) is 30.6 Å². The third kappa shape index (κ3) is 3.62. The second kappa shape index (κ2) is 8.00. The first-order valence-corrected chi connectivity index (χ1v) is 10.8. The maximum absolute atomic E-state index is 13.8. The third-order valence-electron chi connectivity index (χ3n) is 6.44. The Morgan fingerprint density at radius 3 is 2.23 bits per heavy atom. The van der Waals surface area contributed by atoms with Crippen LogP contribution in [0.1, 0.15) is 22.3 Å². The largest absolute Gasteiger partial charge is 0.329 e. The molecule has 2 heterocycles. The number of quaternary nitrogens is 1. The van der Waals surface area contributed by atoms with E-state index >= 15 is 0 Å². The highest BCUT2D eigenvalue weighted by Crippen LogP contribution is 2.32. The minimum absolute atomic E-state index is 0.168. The van der Waals surface area contributed by atoms with Crippen LogP contribution in [0.4, 0.5) is 4.79 Å². The van der Waals surface area contributed by atoms with E-state index in [-0.39, 0.29) is 11.9 Å².